The topological polar surface area (TPSA) is 51.8 Å². The standard InChI is InChI=1S/C38H31N2O.C19H24N.Ir/c1-23(2)27-15-10-16-28(24(3)4)34(27)26-20-21-39-33(22-26)30-17-11-18-31-35-36(25-12-6-5-7-13-25)40-32-19-9-8-14-29(32)38(35)41-37(30)31;1-13(2)16-12-20-18(11-17(16)19(4,5)6)15-9-7-14(3)8-10-15;/h5-16,18-24H,1-4H3;7-9,11-13H,1-6H3;/q2*-1;/i;3D3;. The van der Waals surface area contributed by atoms with E-state index in [0.717, 1.165) is 66.6 Å². The van der Waals surface area contributed by atoms with Crippen molar-refractivity contribution < 1.29 is 28.6 Å². The average Bonchev–Trinajstić information content (AvgIpc) is 3.69. The van der Waals surface area contributed by atoms with Gasteiger partial charge in [0.05, 0.1) is 16.8 Å². The minimum Gasteiger partial charge on any atom is -0.500 e. The summed E-state index contributed by atoms with van der Waals surface area (Å²) in [6.45, 7) is 17.9. The molecule has 1 radical (unpaired) electrons. The van der Waals surface area contributed by atoms with Gasteiger partial charge in [-0.2, -0.15) is 0 Å². The predicted octanol–water partition coefficient (Wildman–Crippen LogP) is 15.9. The van der Waals surface area contributed by atoms with Gasteiger partial charge in [0.2, 0.25) is 0 Å². The molecule has 5 heteroatoms. The number of benzene rings is 5. The Morgan fingerprint density at radius 1 is 0.645 bits per heavy atom. The zero-order chi connectivity index (χ0) is 45.5. The van der Waals surface area contributed by atoms with Crippen LogP contribution in [0.2, 0.25) is 0 Å². The molecule has 0 saturated heterocycles. The van der Waals surface area contributed by atoms with Crippen molar-refractivity contribution in [2.45, 2.75) is 92.3 Å². The van der Waals surface area contributed by atoms with Crippen LogP contribution in [0.3, 0.4) is 0 Å². The van der Waals surface area contributed by atoms with Crippen molar-refractivity contribution in [1.82, 2.24) is 15.0 Å². The first-order valence-corrected chi connectivity index (χ1v) is 21.3. The number of hydrogen-bond donors (Lipinski definition) is 0. The summed E-state index contributed by atoms with van der Waals surface area (Å²) in [5.41, 5.74) is 15.9. The number of fused-ring (bicyclic) bond motifs is 5. The molecule has 62 heavy (non-hydrogen) atoms. The maximum Gasteiger partial charge on any atom is 0.132 e. The Balaban J connectivity index is 0.000000225. The fraction of sp³-hybridized carbons (Fsp3) is 0.246. The summed E-state index contributed by atoms with van der Waals surface area (Å²) >= 11 is 0. The van der Waals surface area contributed by atoms with Crippen LogP contribution in [-0.4, -0.2) is 15.0 Å². The molecule has 0 unspecified atom stereocenters. The summed E-state index contributed by atoms with van der Waals surface area (Å²) in [4.78, 5) is 14.5. The van der Waals surface area contributed by atoms with Gasteiger partial charge in [0, 0.05) is 52.9 Å². The van der Waals surface area contributed by atoms with E-state index in [-0.39, 0.29) is 25.5 Å². The first-order valence-electron chi connectivity index (χ1n) is 22.8. The molecule has 0 aliphatic rings. The van der Waals surface area contributed by atoms with Crippen molar-refractivity contribution in [2.75, 3.05) is 0 Å². The normalized spacial score (nSPS) is 12.6. The Hall–Kier alpha value is -5.74. The average molecular weight is 993 g/mol. The number of para-hydroxylation sites is 1. The smallest absolute Gasteiger partial charge is 0.132 e. The maximum atomic E-state index is 7.44. The van der Waals surface area contributed by atoms with Crippen molar-refractivity contribution >= 4 is 32.8 Å². The van der Waals surface area contributed by atoms with Crippen molar-refractivity contribution in [3.05, 3.63) is 174 Å². The predicted molar refractivity (Wildman–Crippen MR) is 256 cm³/mol. The molecule has 5 aromatic carbocycles. The van der Waals surface area contributed by atoms with Crippen LogP contribution in [0.4, 0.5) is 0 Å². The van der Waals surface area contributed by atoms with Crippen LogP contribution >= 0.6 is 0 Å². The van der Waals surface area contributed by atoms with Gasteiger partial charge in [-0.05, 0) is 86.1 Å². The zero-order valence-corrected chi connectivity index (χ0v) is 39.4. The van der Waals surface area contributed by atoms with Crippen molar-refractivity contribution in [1.29, 1.82) is 0 Å². The Bertz CT molecular complexity index is 3080. The Kier molecular flexibility index (Phi) is 11.9. The molecule has 0 amide bonds. The van der Waals surface area contributed by atoms with Crippen molar-refractivity contribution in [3.8, 4) is 44.9 Å². The van der Waals surface area contributed by atoms with Gasteiger partial charge in [0.25, 0.3) is 0 Å². The molecule has 0 aliphatic heterocycles. The van der Waals surface area contributed by atoms with E-state index in [4.69, 9.17) is 18.5 Å². The van der Waals surface area contributed by atoms with Gasteiger partial charge in [-0.1, -0.05) is 153 Å². The first-order chi connectivity index (χ1) is 30.5. The fourth-order valence-electron chi connectivity index (χ4n) is 8.34. The SMILES string of the molecule is CC(C)c1cccc(C(C)C)c1-c1ccnc(-c2[c-]ccc3c2oc2c4ccccc4nc(-c4ccccc4)c32)c1.[2H]C([2H])([2H])c1c[c-]c(-c2cc(C(C)(C)C)c(C(C)C)cn2)cc1.[Ir]. The molecule has 0 N–H and O–H groups in total. The first kappa shape index (κ1) is 40.3. The van der Waals surface area contributed by atoms with E-state index in [1.54, 1.807) is 12.1 Å². The number of aromatic nitrogens is 3. The van der Waals surface area contributed by atoms with Gasteiger partial charge in [-0.3, -0.25) is 0 Å². The number of furan rings is 1. The molecule has 0 aliphatic carbocycles. The Morgan fingerprint density at radius 2 is 1.35 bits per heavy atom. The van der Waals surface area contributed by atoms with Crippen LogP contribution < -0.4 is 0 Å². The summed E-state index contributed by atoms with van der Waals surface area (Å²) < 4.78 is 29.1. The number of pyridine rings is 3. The molecule has 0 atom stereocenters. The van der Waals surface area contributed by atoms with Gasteiger partial charge in [0.1, 0.15) is 5.58 Å². The maximum absolute atomic E-state index is 7.44. The van der Waals surface area contributed by atoms with E-state index in [2.05, 4.69) is 152 Å². The van der Waals surface area contributed by atoms with Crippen molar-refractivity contribution in [2.24, 2.45) is 0 Å². The van der Waals surface area contributed by atoms with Crippen LogP contribution in [0.15, 0.2) is 138 Å². The van der Waals surface area contributed by atoms with Crippen molar-refractivity contribution in [3.63, 3.8) is 0 Å². The number of aryl methyl sites for hydroxylation is 1. The van der Waals surface area contributed by atoms with Crippen LogP contribution in [0.1, 0.15) is 112 Å². The molecule has 4 aromatic heterocycles. The third-order valence-corrected chi connectivity index (χ3v) is 11.4. The second kappa shape index (κ2) is 18.3. The van der Waals surface area contributed by atoms with Gasteiger partial charge in [-0.25, -0.2) is 4.98 Å². The third kappa shape index (κ3) is 8.80. The summed E-state index contributed by atoms with van der Waals surface area (Å²) in [7, 11) is 0. The van der Waals surface area contributed by atoms with Crippen LogP contribution in [-0.2, 0) is 25.5 Å². The van der Waals surface area contributed by atoms with Crippen LogP contribution in [0.5, 0.6) is 0 Å². The molecule has 315 valence electrons. The second-order valence-corrected chi connectivity index (χ2v) is 17.8. The largest absolute Gasteiger partial charge is 0.500 e. The molecule has 4 heterocycles. The van der Waals surface area contributed by atoms with Gasteiger partial charge < -0.3 is 14.4 Å². The van der Waals surface area contributed by atoms with Crippen LogP contribution in [0.25, 0.3) is 77.7 Å². The summed E-state index contributed by atoms with van der Waals surface area (Å²) in [5, 5.41) is 3.03. The zero-order valence-electron chi connectivity index (χ0n) is 40.0. The summed E-state index contributed by atoms with van der Waals surface area (Å²) in [6, 6.07) is 47.2. The monoisotopic (exact) mass is 993 g/mol. The number of rotatable bonds is 7. The molecule has 9 aromatic rings. The van der Waals surface area contributed by atoms with E-state index in [1.807, 2.05) is 42.7 Å². The minimum atomic E-state index is -2.10. The molecule has 9 rings (SSSR count). The molecule has 0 saturated carbocycles. The molecule has 0 spiro atoms. The Morgan fingerprint density at radius 3 is 2.02 bits per heavy atom. The van der Waals surface area contributed by atoms with Gasteiger partial charge >= 0.3 is 0 Å². The fourth-order valence-corrected chi connectivity index (χ4v) is 8.34. The number of hydrogen-bond acceptors (Lipinski definition) is 4. The molecular weight excluding hydrogens is 935 g/mol. The minimum absolute atomic E-state index is 0. The summed E-state index contributed by atoms with van der Waals surface area (Å²) in [5.74, 6) is 1.22. The van der Waals surface area contributed by atoms with E-state index in [1.165, 1.54) is 39.4 Å². The summed E-state index contributed by atoms with van der Waals surface area (Å²) in [6.07, 6.45) is 3.85. The third-order valence-electron chi connectivity index (χ3n) is 11.4. The Labute approximate surface area is 385 Å². The molecule has 0 fully saturated rings. The van der Waals surface area contributed by atoms with Gasteiger partial charge in [0.15, 0.2) is 0 Å². The quantitative estimate of drug-likeness (QED) is 0.149. The second-order valence-electron chi connectivity index (χ2n) is 17.8. The van der Waals surface area contributed by atoms with E-state index < -0.39 is 6.85 Å². The van der Waals surface area contributed by atoms with Crippen LogP contribution in [0, 0.1) is 19.0 Å². The van der Waals surface area contributed by atoms with E-state index >= 15 is 0 Å². The van der Waals surface area contributed by atoms with E-state index in [9.17, 15) is 0 Å². The molecular formula is C57H55IrN3O-2. The van der Waals surface area contributed by atoms with Gasteiger partial charge in [-0.15, -0.1) is 53.6 Å². The van der Waals surface area contributed by atoms with E-state index in [0.29, 0.717) is 23.3 Å². The molecule has 0 bridgehead atoms. The number of nitrogens with zero attached hydrogens (tertiary/aromatic N) is 3. The molecule has 4 nitrogen and oxygen atoms in total.